The highest BCUT2D eigenvalue weighted by atomic mass is 16.5. The van der Waals surface area contributed by atoms with Crippen molar-refractivity contribution in [2.75, 3.05) is 30.9 Å². The SMILES string of the molecule is CCOCc1nc(N)cc(N(C)C(C)(C)CO)n1. The maximum Gasteiger partial charge on any atom is 0.158 e. The molecule has 0 aliphatic carbocycles. The molecule has 0 bridgehead atoms. The van der Waals surface area contributed by atoms with E-state index in [1.807, 2.05) is 32.7 Å². The van der Waals surface area contributed by atoms with Gasteiger partial charge in [0, 0.05) is 19.7 Å². The summed E-state index contributed by atoms with van der Waals surface area (Å²) < 4.78 is 5.27. The third-order valence-corrected chi connectivity index (χ3v) is 2.85. The molecule has 0 saturated carbocycles. The number of aromatic nitrogens is 2. The Labute approximate surface area is 108 Å². The van der Waals surface area contributed by atoms with Crippen LogP contribution in [0.5, 0.6) is 0 Å². The lowest BCUT2D eigenvalue weighted by Gasteiger charge is -2.35. The Hall–Kier alpha value is -1.40. The molecule has 0 aliphatic rings. The van der Waals surface area contributed by atoms with E-state index in [0.29, 0.717) is 30.7 Å². The lowest BCUT2D eigenvalue weighted by molar-refractivity contribution is 0.128. The molecular weight excluding hydrogens is 232 g/mol. The monoisotopic (exact) mass is 254 g/mol. The molecule has 6 heteroatoms. The van der Waals surface area contributed by atoms with Gasteiger partial charge in [0.15, 0.2) is 5.82 Å². The molecule has 0 aliphatic heterocycles. The van der Waals surface area contributed by atoms with Gasteiger partial charge in [0.2, 0.25) is 0 Å². The molecule has 1 heterocycles. The van der Waals surface area contributed by atoms with Crippen molar-refractivity contribution in [1.82, 2.24) is 9.97 Å². The summed E-state index contributed by atoms with van der Waals surface area (Å²) in [6.45, 7) is 6.72. The fraction of sp³-hybridized carbons (Fsp3) is 0.667. The molecule has 18 heavy (non-hydrogen) atoms. The number of anilines is 2. The van der Waals surface area contributed by atoms with Crippen molar-refractivity contribution in [3.05, 3.63) is 11.9 Å². The first kappa shape index (κ1) is 14.7. The van der Waals surface area contributed by atoms with Crippen molar-refractivity contribution in [3.8, 4) is 0 Å². The third-order valence-electron chi connectivity index (χ3n) is 2.85. The molecule has 3 N–H and O–H groups in total. The van der Waals surface area contributed by atoms with Gasteiger partial charge in [0.1, 0.15) is 18.2 Å². The van der Waals surface area contributed by atoms with E-state index in [4.69, 9.17) is 10.5 Å². The summed E-state index contributed by atoms with van der Waals surface area (Å²) >= 11 is 0. The summed E-state index contributed by atoms with van der Waals surface area (Å²) in [5, 5.41) is 9.36. The van der Waals surface area contributed by atoms with E-state index in [2.05, 4.69) is 9.97 Å². The molecule has 0 unspecified atom stereocenters. The van der Waals surface area contributed by atoms with Crippen LogP contribution in [0.4, 0.5) is 11.6 Å². The number of aliphatic hydroxyl groups excluding tert-OH is 1. The van der Waals surface area contributed by atoms with Crippen LogP contribution in [-0.2, 0) is 11.3 Å². The lowest BCUT2D eigenvalue weighted by Crippen LogP contribution is -2.45. The fourth-order valence-electron chi connectivity index (χ4n) is 1.35. The topological polar surface area (TPSA) is 84.5 Å². The number of nitrogen functional groups attached to an aromatic ring is 1. The minimum absolute atomic E-state index is 0.0220. The van der Waals surface area contributed by atoms with Crippen molar-refractivity contribution >= 4 is 11.6 Å². The second kappa shape index (κ2) is 5.97. The lowest BCUT2D eigenvalue weighted by atomic mass is 10.1. The first-order valence-corrected chi connectivity index (χ1v) is 5.96. The molecule has 0 atom stereocenters. The van der Waals surface area contributed by atoms with Gasteiger partial charge in [-0.2, -0.15) is 0 Å². The molecule has 0 amide bonds. The average Bonchev–Trinajstić information content (AvgIpc) is 2.34. The number of nitrogens with two attached hydrogens (primary N) is 1. The summed E-state index contributed by atoms with van der Waals surface area (Å²) in [7, 11) is 1.86. The molecule has 0 radical (unpaired) electrons. The predicted molar refractivity (Wildman–Crippen MR) is 71.3 cm³/mol. The normalized spacial score (nSPS) is 11.6. The second-order valence-electron chi connectivity index (χ2n) is 4.73. The molecular formula is C12H22N4O2. The fourth-order valence-corrected chi connectivity index (χ4v) is 1.35. The van der Waals surface area contributed by atoms with Gasteiger partial charge in [-0.05, 0) is 20.8 Å². The van der Waals surface area contributed by atoms with Gasteiger partial charge >= 0.3 is 0 Å². The zero-order valence-electron chi connectivity index (χ0n) is 11.5. The van der Waals surface area contributed by atoms with Gasteiger partial charge in [-0.1, -0.05) is 0 Å². The summed E-state index contributed by atoms with van der Waals surface area (Å²) in [5.41, 5.74) is 5.34. The van der Waals surface area contributed by atoms with E-state index < -0.39 is 5.54 Å². The van der Waals surface area contributed by atoms with Crippen molar-refractivity contribution in [2.24, 2.45) is 0 Å². The van der Waals surface area contributed by atoms with E-state index in [9.17, 15) is 5.11 Å². The largest absolute Gasteiger partial charge is 0.394 e. The Bertz CT molecular complexity index is 396. The number of ether oxygens (including phenoxy) is 1. The van der Waals surface area contributed by atoms with Crippen LogP contribution in [0.1, 0.15) is 26.6 Å². The van der Waals surface area contributed by atoms with E-state index in [1.165, 1.54) is 0 Å². The standard InChI is InChI=1S/C12H22N4O2/c1-5-18-7-10-14-9(13)6-11(15-10)16(4)12(2,3)8-17/h6,17H,5,7-8H2,1-4H3,(H2,13,14,15). The predicted octanol–water partition coefficient (Wildman–Crippen LogP) is 0.802. The molecule has 1 aromatic heterocycles. The van der Waals surface area contributed by atoms with Crippen LogP contribution in [-0.4, -0.2) is 40.9 Å². The number of aliphatic hydroxyl groups is 1. The highest BCUT2D eigenvalue weighted by Gasteiger charge is 2.24. The van der Waals surface area contributed by atoms with Gasteiger partial charge in [0.25, 0.3) is 0 Å². The van der Waals surface area contributed by atoms with Gasteiger partial charge in [-0.3, -0.25) is 0 Å². The first-order chi connectivity index (χ1) is 8.40. The van der Waals surface area contributed by atoms with Crippen LogP contribution < -0.4 is 10.6 Å². The number of rotatable bonds is 6. The zero-order chi connectivity index (χ0) is 13.8. The van der Waals surface area contributed by atoms with Crippen LogP contribution in [0.3, 0.4) is 0 Å². The smallest absolute Gasteiger partial charge is 0.158 e. The number of nitrogens with zero attached hydrogens (tertiary/aromatic N) is 3. The van der Waals surface area contributed by atoms with Crippen LogP contribution in [0.15, 0.2) is 6.07 Å². The van der Waals surface area contributed by atoms with Crippen LogP contribution in [0.25, 0.3) is 0 Å². The molecule has 1 aromatic rings. The van der Waals surface area contributed by atoms with Gasteiger partial charge < -0.3 is 20.5 Å². The molecule has 0 saturated heterocycles. The van der Waals surface area contributed by atoms with Gasteiger partial charge in [-0.25, -0.2) is 9.97 Å². The summed E-state index contributed by atoms with van der Waals surface area (Å²) in [4.78, 5) is 10.4. The van der Waals surface area contributed by atoms with Gasteiger partial charge in [-0.15, -0.1) is 0 Å². The Morgan fingerprint density at radius 3 is 2.67 bits per heavy atom. The van der Waals surface area contributed by atoms with E-state index in [1.54, 1.807) is 6.07 Å². The van der Waals surface area contributed by atoms with E-state index in [-0.39, 0.29) is 6.61 Å². The first-order valence-electron chi connectivity index (χ1n) is 5.96. The number of likely N-dealkylation sites (N-methyl/N-ethyl adjacent to an activating group) is 1. The minimum Gasteiger partial charge on any atom is -0.394 e. The van der Waals surface area contributed by atoms with Crippen LogP contribution >= 0.6 is 0 Å². The molecule has 6 nitrogen and oxygen atoms in total. The second-order valence-corrected chi connectivity index (χ2v) is 4.73. The number of hydrogen-bond donors (Lipinski definition) is 2. The average molecular weight is 254 g/mol. The Morgan fingerprint density at radius 1 is 1.44 bits per heavy atom. The van der Waals surface area contributed by atoms with E-state index >= 15 is 0 Å². The molecule has 0 aromatic carbocycles. The minimum atomic E-state index is -0.413. The highest BCUT2D eigenvalue weighted by molar-refractivity contribution is 5.48. The Kier molecular flexibility index (Phi) is 4.86. The van der Waals surface area contributed by atoms with Crippen molar-refractivity contribution in [2.45, 2.75) is 32.9 Å². The summed E-state index contributed by atoms with van der Waals surface area (Å²) in [5.74, 6) is 1.62. The molecule has 0 fully saturated rings. The van der Waals surface area contributed by atoms with Crippen molar-refractivity contribution < 1.29 is 9.84 Å². The molecule has 102 valence electrons. The highest BCUT2D eigenvalue weighted by Crippen LogP contribution is 2.21. The number of hydrogen-bond acceptors (Lipinski definition) is 6. The molecule has 0 spiro atoms. The van der Waals surface area contributed by atoms with Crippen molar-refractivity contribution in [1.29, 1.82) is 0 Å². The van der Waals surface area contributed by atoms with Gasteiger partial charge in [0.05, 0.1) is 12.1 Å². The van der Waals surface area contributed by atoms with Crippen LogP contribution in [0, 0.1) is 0 Å². The zero-order valence-corrected chi connectivity index (χ0v) is 11.5. The van der Waals surface area contributed by atoms with E-state index in [0.717, 1.165) is 0 Å². The third kappa shape index (κ3) is 3.54. The maximum atomic E-state index is 9.36. The summed E-state index contributed by atoms with van der Waals surface area (Å²) in [6, 6.07) is 1.69. The van der Waals surface area contributed by atoms with Crippen molar-refractivity contribution in [3.63, 3.8) is 0 Å². The van der Waals surface area contributed by atoms with Crippen LogP contribution in [0.2, 0.25) is 0 Å². The maximum absolute atomic E-state index is 9.36. The quantitative estimate of drug-likeness (QED) is 0.781. The summed E-state index contributed by atoms with van der Waals surface area (Å²) in [6.07, 6.45) is 0. The Morgan fingerprint density at radius 2 is 2.11 bits per heavy atom. The molecule has 1 rings (SSSR count). The Balaban J connectivity index is 2.98.